The van der Waals surface area contributed by atoms with E-state index in [4.69, 9.17) is 4.98 Å². The molecule has 0 bridgehead atoms. The Balaban J connectivity index is 1.29. The molecule has 1 aliphatic heterocycles. The van der Waals surface area contributed by atoms with Crippen LogP contribution in [0.15, 0.2) is 85.5 Å². The van der Waals surface area contributed by atoms with E-state index in [2.05, 4.69) is 88.4 Å². The zero-order valence-corrected chi connectivity index (χ0v) is 19.9. The first kappa shape index (κ1) is 21.6. The average molecular weight is 463 g/mol. The van der Waals surface area contributed by atoms with E-state index in [1.165, 1.54) is 16.8 Å². The number of nitrogens with one attached hydrogen (secondary N) is 3. The van der Waals surface area contributed by atoms with Gasteiger partial charge >= 0.3 is 0 Å². The van der Waals surface area contributed by atoms with Crippen LogP contribution >= 0.6 is 0 Å². The quantitative estimate of drug-likeness (QED) is 0.295. The summed E-state index contributed by atoms with van der Waals surface area (Å²) in [6, 6.07) is 22.0. The van der Waals surface area contributed by atoms with Gasteiger partial charge in [0.05, 0.1) is 12.2 Å². The molecule has 1 saturated heterocycles. The Morgan fingerprint density at radius 3 is 2.66 bits per heavy atom. The molecule has 3 aromatic heterocycles. The summed E-state index contributed by atoms with van der Waals surface area (Å²) < 4.78 is 2.02. The minimum Gasteiger partial charge on any atom is -0.382 e. The minimum absolute atomic E-state index is 0.166. The van der Waals surface area contributed by atoms with Crippen molar-refractivity contribution in [3.63, 3.8) is 0 Å². The number of aromatic nitrogens is 4. The van der Waals surface area contributed by atoms with Crippen LogP contribution in [0, 0.1) is 0 Å². The molecular weight excluding hydrogens is 432 g/mol. The molecule has 0 saturated carbocycles. The van der Waals surface area contributed by atoms with Crippen molar-refractivity contribution in [1.29, 1.82) is 0 Å². The van der Waals surface area contributed by atoms with Crippen LogP contribution in [0.1, 0.15) is 31.4 Å². The summed E-state index contributed by atoms with van der Waals surface area (Å²) in [7, 11) is 0. The van der Waals surface area contributed by atoms with Gasteiger partial charge in [-0.25, -0.2) is 4.98 Å². The van der Waals surface area contributed by atoms with E-state index in [0.29, 0.717) is 6.04 Å². The van der Waals surface area contributed by atoms with Crippen molar-refractivity contribution in [3.8, 4) is 22.3 Å². The first-order valence-corrected chi connectivity index (χ1v) is 12.4. The fraction of sp³-hybridized carbons (Fsp3) is 0.241. The third-order valence-electron chi connectivity index (χ3n) is 7.03. The maximum Gasteiger partial charge on any atom is 0.137 e. The highest BCUT2D eigenvalue weighted by atomic mass is 15.3. The highest BCUT2D eigenvalue weighted by molar-refractivity contribution is 5.95. The van der Waals surface area contributed by atoms with Gasteiger partial charge in [0.2, 0.25) is 0 Å². The number of anilines is 1. The lowest BCUT2D eigenvalue weighted by Crippen LogP contribution is -2.35. The molecule has 1 fully saturated rings. The van der Waals surface area contributed by atoms with Crippen LogP contribution in [0.5, 0.6) is 0 Å². The molecule has 0 aliphatic carbocycles. The van der Waals surface area contributed by atoms with Crippen molar-refractivity contribution in [3.05, 3.63) is 91.0 Å². The van der Waals surface area contributed by atoms with Gasteiger partial charge < -0.3 is 15.6 Å². The van der Waals surface area contributed by atoms with Crippen LogP contribution in [0.25, 0.3) is 33.3 Å². The molecular formula is C29H30N6. The fourth-order valence-corrected chi connectivity index (χ4v) is 4.96. The first-order chi connectivity index (χ1) is 17.2. The normalized spacial score (nSPS) is 15.3. The van der Waals surface area contributed by atoms with E-state index in [0.717, 1.165) is 53.7 Å². The molecule has 6 rings (SSSR count). The SMILES string of the molecule is CC(c1ccccc1)n1cc(-c2c[nH]c3ncc(-c4cccc(NC5CCNCC5)c4)cc23)cn1. The van der Waals surface area contributed by atoms with E-state index in [-0.39, 0.29) is 6.04 Å². The minimum atomic E-state index is 0.166. The van der Waals surface area contributed by atoms with E-state index in [1.54, 1.807) is 0 Å². The number of pyridine rings is 1. The predicted molar refractivity (Wildman–Crippen MR) is 143 cm³/mol. The number of fused-ring (bicyclic) bond motifs is 1. The predicted octanol–water partition coefficient (Wildman–Crippen LogP) is 5.87. The summed E-state index contributed by atoms with van der Waals surface area (Å²) in [5.74, 6) is 0. The molecule has 6 heteroatoms. The maximum atomic E-state index is 4.73. The smallest absolute Gasteiger partial charge is 0.137 e. The second kappa shape index (κ2) is 9.39. The topological polar surface area (TPSA) is 70.6 Å². The van der Waals surface area contributed by atoms with Gasteiger partial charge in [-0.3, -0.25) is 4.68 Å². The Morgan fingerprint density at radius 2 is 1.80 bits per heavy atom. The summed E-state index contributed by atoms with van der Waals surface area (Å²) in [4.78, 5) is 8.06. The summed E-state index contributed by atoms with van der Waals surface area (Å²) in [5.41, 5.74) is 7.76. The number of H-pyrrole nitrogens is 1. The van der Waals surface area contributed by atoms with Crippen molar-refractivity contribution in [2.24, 2.45) is 0 Å². The monoisotopic (exact) mass is 462 g/mol. The molecule has 5 aromatic rings. The zero-order chi connectivity index (χ0) is 23.6. The van der Waals surface area contributed by atoms with Gasteiger partial charge in [-0.15, -0.1) is 0 Å². The molecule has 3 N–H and O–H groups in total. The number of nitrogens with zero attached hydrogens (tertiary/aromatic N) is 3. The second-order valence-electron chi connectivity index (χ2n) is 9.37. The highest BCUT2D eigenvalue weighted by Crippen LogP contribution is 2.32. The highest BCUT2D eigenvalue weighted by Gasteiger charge is 2.15. The number of benzene rings is 2. The molecule has 6 nitrogen and oxygen atoms in total. The van der Waals surface area contributed by atoms with Crippen LogP contribution in [0.3, 0.4) is 0 Å². The summed E-state index contributed by atoms with van der Waals surface area (Å²) >= 11 is 0. The largest absolute Gasteiger partial charge is 0.382 e. The Hall–Kier alpha value is -3.90. The average Bonchev–Trinajstić information content (AvgIpc) is 3.56. The maximum absolute atomic E-state index is 4.73. The number of rotatable bonds is 6. The van der Waals surface area contributed by atoms with Crippen LogP contribution in [-0.2, 0) is 0 Å². The third kappa shape index (κ3) is 4.45. The number of hydrogen-bond acceptors (Lipinski definition) is 4. The molecule has 2 aromatic carbocycles. The summed E-state index contributed by atoms with van der Waals surface area (Å²) in [6.07, 6.45) is 10.4. The lowest BCUT2D eigenvalue weighted by Gasteiger charge is -2.24. The number of aromatic amines is 1. The Kier molecular flexibility index (Phi) is 5.80. The molecule has 35 heavy (non-hydrogen) atoms. The van der Waals surface area contributed by atoms with E-state index in [9.17, 15) is 0 Å². The second-order valence-corrected chi connectivity index (χ2v) is 9.37. The van der Waals surface area contributed by atoms with Crippen molar-refractivity contribution in [2.45, 2.75) is 31.8 Å². The molecule has 0 radical (unpaired) electrons. The van der Waals surface area contributed by atoms with Gasteiger partial charge in [-0.2, -0.15) is 5.10 Å². The van der Waals surface area contributed by atoms with Gasteiger partial charge in [-0.1, -0.05) is 42.5 Å². The van der Waals surface area contributed by atoms with Gasteiger partial charge in [-0.05, 0) is 62.2 Å². The Bertz CT molecular complexity index is 1430. The van der Waals surface area contributed by atoms with Gasteiger partial charge in [0.15, 0.2) is 0 Å². The van der Waals surface area contributed by atoms with Crippen molar-refractivity contribution < 1.29 is 0 Å². The first-order valence-electron chi connectivity index (χ1n) is 12.4. The van der Waals surface area contributed by atoms with Gasteiger partial charge in [0.1, 0.15) is 5.65 Å². The van der Waals surface area contributed by atoms with Crippen molar-refractivity contribution in [2.75, 3.05) is 18.4 Å². The van der Waals surface area contributed by atoms with E-state index in [1.807, 2.05) is 29.3 Å². The molecule has 1 atom stereocenters. The van der Waals surface area contributed by atoms with Crippen LogP contribution in [0.4, 0.5) is 5.69 Å². The van der Waals surface area contributed by atoms with Crippen LogP contribution < -0.4 is 10.6 Å². The number of hydrogen-bond donors (Lipinski definition) is 3. The summed E-state index contributed by atoms with van der Waals surface area (Å²) in [6.45, 7) is 4.33. The third-order valence-corrected chi connectivity index (χ3v) is 7.03. The lowest BCUT2D eigenvalue weighted by atomic mass is 10.0. The Labute approximate surface area is 205 Å². The molecule has 1 aliphatic rings. The standard InChI is InChI=1S/C29H30N6/c1-20(21-6-3-2-4-7-21)35-19-24(17-33-35)28-18-32-29-27(28)15-23(16-31-29)22-8-5-9-26(14-22)34-25-10-12-30-13-11-25/h2-9,14-20,25,30,34H,10-13H2,1H3,(H,31,32). The van der Waals surface area contributed by atoms with Crippen LogP contribution in [0.2, 0.25) is 0 Å². The zero-order valence-electron chi connectivity index (χ0n) is 19.9. The van der Waals surface area contributed by atoms with E-state index < -0.39 is 0 Å². The van der Waals surface area contributed by atoms with Crippen molar-refractivity contribution >= 4 is 16.7 Å². The Morgan fingerprint density at radius 1 is 0.943 bits per heavy atom. The van der Waals surface area contributed by atoms with Gasteiger partial charge in [0.25, 0.3) is 0 Å². The number of piperidine rings is 1. The van der Waals surface area contributed by atoms with Crippen LogP contribution in [-0.4, -0.2) is 38.9 Å². The molecule has 0 spiro atoms. The lowest BCUT2D eigenvalue weighted by molar-refractivity contribution is 0.479. The van der Waals surface area contributed by atoms with E-state index >= 15 is 0 Å². The van der Waals surface area contributed by atoms with Crippen molar-refractivity contribution in [1.82, 2.24) is 25.1 Å². The fourth-order valence-electron chi connectivity index (χ4n) is 4.96. The molecule has 4 heterocycles. The van der Waals surface area contributed by atoms with Gasteiger partial charge in [0, 0.05) is 52.4 Å². The molecule has 0 amide bonds. The summed E-state index contributed by atoms with van der Waals surface area (Å²) in [5, 5.41) is 12.9. The molecule has 1 unspecified atom stereocenters. The molecule has 176 valence electrons.